The minimum Gasteiger partial charge on any atom is -0.507 e. The highest BCUT2D eigenvalue weighted by molar-refractivity contribution is 8.26. The maximum Gasteiger partial charge on any atom is 0.339 e. The van der Waals surface area contributed by atoms with Gasteiger partial charge in [0.1, 0.15) is 22.2 Å². The molecule has 1 saturated heterocycles. The molecular weight excluding hydrogens is 444 g/mol. The monoisotopic (exact) mass is 460 g/mol. The van der Waals surface area contributed by atoms with Crippen molar-refractivity contribution < 1.29 is 34.4 Å². The van der Waals surface area contributed by atoms with Crippen LogP contribution in [0.5, 0.6) is 17.2 Å². The number of methoxy groups -OCH3 is 1. The quantitative estimate of drug-likeness (QED) is 0.379. The van der Waals surface area contributed by atoms with Crippen LogP contribution in [-0.4, -0.2) is 56.0 Å². The molecule has 31 heavy (non-hydrogen) atoms. The number of nitrogens with zero attached hydrogens (tertiary/aromatic N) is 1. The summed E-state index contributed by atoms with van der Waals surface area (Å²) in [5.41, 5.74) is 0.476. The number of aromatic hydroxyl groups is 2. The van der Waals surface area contributed by atoms with Gasteiger partial charge in [-0.25, -0.2) is 4.79 Å². The number of amides is 2. The van der Waals surface area contributed by atoms with Crippen molar-refractivity contribution in [1.29, 1.82) is 0 Å². The maximum absolute atomic E-state index is 12.7. The number of carbonyl (C=O) groups is 3. The Bertz CT molecular complexity index is 1130. The highest BCUT2D eigenvalue weighted by Crippen LogP contribution is 2.34. The number of aromatic carboxylic acids is 1. The lowest BCUT2D eigenvalue weighted by molar-refractivity contribution is -0.126. The molecule has 2 aromatic carbocycles. The topological polar surface area (TPSA) is 136 Å². The molecule has 0 unspecified atom stereocenters. The number of thiocarbonyl (C=S) groups is 1. The molecule has 160 valence electrons. The number of rotatable bonds is 6. The Morgan fingerprint density at radius 1 is 1.19 bits per heavy atom. The third-order valence-corrected chi connectivity index (χ3v) is 5.57. The summed E-state index contributed by atoms with van der Waals surface area (Å²) in [4.78, 5) is 37.4. The molecule has 0 saturated carbocycles. The summed E-state index contributed by atoms with van der Waals surface area (Å²) < 4.78 is 5.24. The highest BCUT2D eigenvalue weighted by Gasteiger charge is 2.33. The lowest BCUT2D eigenvalue weighted by Crippen LogP contribution is -2.36. The molecule has 9 nitrogen and oxygen atoms in total. The van der Waals surface area contributed by atoms with Gasteiger partial charge in [-0.3, -0.25) is 14.5 Å². The number of thioether (sulfide) groups is 1. The lowest BCUT2D eigenvalue weighted by Gasteiger charge is -2.14. The number of hydrogen-bond acceptors (Lipinski definition) is 8. The number of phenolic OH excluding ortho intramolecular Hbond substituents is 1. The largest absolute Gasteiger partial charge is 0.507 e. The third kappa shape index (κ3) is 4.95. The van der Waals surface area contributed by atoms with E-state index in [1.165, 1.54) is 19.2 Å². The predicted octanol–water partition coefficient (Wildman–Crippen LogP) is 2.64. The molecule has 0 radical (unpaired) electrons. The van der Waals surface area contributed by atoms with Crippen molar-refractivity contribution in [1.82, 2.24) is 4.90 Å². The number of phenols is 2. The van der Waals surface area contributed by atoms with Gasteiger partial charge in [0, 0.05) is 11.8 Å². The Morgan fingerprint density at radius 2 is 1.94 bits per heavy atom. The molecule has 1 aliphatic rings. The second kappa shape index (κ2) is 9.06. The summed E-state index contributed by atoms with van der Waals surface area (Å²) in [5, 5.41) is 30.8. The van der Waals surface area contributed by atoms with Crippen molar-refractivity contribution in [2.24, 2.45) is 0 Å². The summed E-state index contributed by atoms with van der Waals surface area (Å²) >= 11 is 6.24. The summed E-state index contributed by atoms with van der Waals surface area (Å²) in [5.74, 6) is -2.62. The first kappa shape index (κ1) is 22.1. The second-order valence-electron chi connectivity index (χ2n) is 6.28. The Labute approximate surface area is 185 Å². The van der Waals surface area contributed by atoms with Crippen LogP contribution in [-0.2, 0) is 9.59 Å². The van der Waals surface area contributed by atoms with Crippen LogP contribution in [0.3, 0.4) is 0 Å². The summed E-state index contributed by atoms with van der Waals surface area (Å²) in [6.45, 7) is -0.359. The van der Waals surface area contributed by atoms with Crippen molar-refractivity contribution in [3.8, 4) is 17.2 Å². The second-order valence-corrected chi connectivity index (χ2v) is 7.96. The average Bonchev–Trinajstić information content (AvgIpc) is 2.96. The number of nitrogens with one attached hydrogen (secondary N) is 1. The molecule has 0 aliphatic carbocycles. The van der Waals surface area contributed by atoms with E-state index in [2.05, 4.69) is 5.32 Å². The smallest absolute Gasteiger partial charge is 0.339 e. The summed E-state index contributed by atoms with van der Waals surface area (Å²) in [6.07, 6.45) is 1.57. The van der Waals surface area contributed by atoms with Crippen molar-refractivity contribution in [2.75, 3.05) is 19.0 Å². The van der Waals surface area contributed by atoms with E-state index in [9.17, 15) is 24.6 Å². The number of ether oxygens (including phenoxy) is 1. The van der Waals surface area contributed by atoms with Crippen LogP contribution in [0.15, 0.2) is 41.3 Å². The molecule has 2 aromatic rings. The van der Waals surface area contributed by atoms with E-state index in [4.69, 9.17) is 22.1 Å². The Kier molecular flexibility index (Phi) is 6.47. The van der Waals surface area contributed by atoms with E-state index >= 15 is 0 Å². The van der Waals surface area contributed by atoms with Crippen LogP contribution in [0, 0.1) is 0 Å². The average molecular weight is 460 g/mol. The predicted molar refractivity (Wildman–Crippen MR) is 118 cm³/mol. The van der Waals surface area contributed by atoms with Gasteiger partial charge in [-0.2, -0.15) is 0 Å². The van der Waals surface area contributed by atoms with Gasteiger partial charge in [-0.05, 0) is 35.9 Å². The van der Waals surface area contributed by atoms with Crippen LogP contribution >= 0.6 is 24.0 Å². The van der Waals surface area contributed by atoms with Gasteiger partial charge >= 0.3 is 5.97 Å². The molecule has 0 bridgehead atoms. The number of carboxylic acid groups (broad SMARTS) is 1. The number of hydrogen-bond donors (Lipinski definition) is 4. The number of benzene rings is 2. The fourth-order valence-corrected chi connectivity index (χ4v) is 3.96. The third-order valence-electron chi connectivity index (χ3n) is 4.19. The Balaban J connectivity index is 1.70. The SMILES string of the molecule is COc1cc(/C=C2\SC(=S)N(CC(=O)Nc3ccc(C(=O)O)c(O)c3)C2=O)ccc1O. The van der Waals surface area contributed by atoms with Crippen molar-refractivity contribution in [3.63, 3.8) is 0 Å². The van der Waals surface area contributed by atoms with Crippen LogP contribution in [0.4, 0.5) is 5.69 Å². The highest BCUT2D eigenvalue weighted by atomic mass is 32.2. The first-order valence-corrected chi connectivity index (χ1v) is 9.90. The Hall–Kier alpha value is -3.57. The standard InChI is InChI=1S/C20H16N2O7S2/c1-29-15-6-10(2-5-13(15)23)7-16-18(26)22(20(30)31-16)9-17(25)21-11-3-4-12(19(27)28)14(24)8-11/h2-8,23-24H,9H2,1H3,(H,21,25)(H,27,28)/b16-7-. The summed E-state index contributed by atoms with van der Waals surface area (Å²) in [7, 11) is 1.41. The van der Waals surface area contributed by atoms with E-state index < -0.39 is 23.5 Å². The van der Waals surface area contributed by atoms with Gasteiger partial charge < -0.3 is 25.4 Å². The molecule has 1 heterocycles. The molecule has 11 heteroatoms. The van der Waals surface area contributed by atoms with E-state index in [1.54, 1.807) is 18.2 Å². The molecule has 1 fully saturated rings. The maximum atomic E-state index is 12.7. The van der Waals surface area contributed by atoms with Gasteiger partial charge in [0.05, 0.1) is 12.0 Å². The zero-order valence-corrected chi connectivity index (χ0v) is 17.6. The molecule has 4 N–H and O–H groups in total. The molecule has 0 atom stereocenters. The van der Waals surface area contributed by atoms with E-state index in [-0.39, 0.29) is 33.6 Å². The number of carboxylic acids is 1. The van der Waals surface area contributed by atoms with Crippen LogP contribution in [0.1, 0.15) is 15.9 Å². The van der Waals surface area contributed by atoms with Crippen LogP contribution < -0.4 is 10.1 Å². The molecule has 1 aliphatic heterocycles. The van der Waals surface area contributed by atoms with Crippen LogP contribution in [0.25, 0.3) is 6.08 Å². The lowest BCUT2D eigenvalue weighted by atomic mass is 10.2. The number of carbonyl (C=O) groups excluding carboxylic acids is 2. The van der Waals surface area contributed by atoms with E-state index in [0.29, 0.717) is 10.5 Å². The first-order valence-electron chi connectivity index (χ1n) is 8.68. The fraction of sp³-hybridized carbons (Fsp3) is 0.100. The van der Waals surface area contributed by atoms with Gasteiger partial charge in [-0.1, -0.05) is 30.0 Å². The van der Waals surface area contributed by atoms with E-state index in [0.717, 1.165) is 28.8 Å². The van der Waals surface area contributed by atoms with Crippen molar-refractivity contribution in [3.05, 3.63) is 52.4 Å². The van der Waals surface area contributed by atoms with Crippen molar-refractivity contribution >= 4 is 57.8 Å². The zero-order valence-electron chi connectivity index (χ0n) is 16.0. The Morgan fingerprint density at radius 3 is 2.58 bits per heavy atom. The molecule has 0 aromatic heterocycles. The molecule has 3 rings (SSSR count). The molecule has 0 spiro atoms. The fourth-order valence-electron chi connectivity index (χ4n) is 2.71. The summed E-state index contributed by atoms with van der Waals surface area (Å²) in [6, 6.07) is 8.17. The van der Waals surface area contributed by atoms with Gasteiger partial charge in [0.2, 0.25) is 5.91 Å². The van der Waals surface area contributed by atoms with Gasteiger partial charge in [0.25, 0.3) is 5.91 Å². The minimum absolute atomic E-state index is 0.0358. The number of anilines is 1. The first-order chi connectivity index (χ1) is 14.7. The van der Waals surface area contributed by atoms with Gasteiger partial charge in [-0.15, -0.1) is 0 Å². The van der Waals surface area contributed by atoms with E-state index in [1.807, 2.05) is 0 Å². The minimum atomic E-state index is -1.30. The van der Waals surface area contributed by atoms with Gasteiger partial charge in [0.15, 0.2) is 11.5 Å². The van der Waals surface area contributed by atoms with Crippen molar-refractivity contribution in [2.45, 2.75) is 0 Å². The van der Waals surface area contributed by atoms with Crippen LogP contribution in [0.2, 0.25) is 0 Å². The molecular formula is C20H16N2O7S2. The normalized spacial score (nSPS) is 14.7. The molecule has 2 amide bonds. The zero-order chi connectivity index (χ0) is 22.7.